The highest BCUT2D eigenvalue weighted by Gasteiger charge is 2.50. The first-order chi connectivity index (χ1) is 12.5. The van der Waals surface area contributed by atoms with Crippen molar-refractivity contribution in [3.63, 3.8) is 0 Å². The molecule has 0 spiro atoms. The van der Waals surface area contributed by atoms with Crippen molar-refractivity contribution in [2.45, 2.75) is 50.7 Å². The average molecular weight is 377 g/mol. The maximum absolute atomic E-state index is 12.8. The predicted octanol–water partition coefficient (Wildman–Crippen LogP) is 2.18. The SMILES string of the molecule is Cc1ccc(NC(=O)C2CCC3C(C2)N(C)C(=O)C2CCNN23)c(Cl)c1. The lowest BCUT2D eigenvalue weighted by atomic mass is 9.79. The van der Waals surface area contributed by atoms with Crippen molar-refractivity contribution >= 4 is 29.1 Å². The topological polar surface area (TPSA) is 64.7 Å². The molecule has 3 fully saturated rings. The van der Waals surface area contributed by atoms with Gasteiger partial charge in [0.1, 0.15) is 6.04 Å². The van der Waals surface area contributed by atoms with Crippen LogP contribution in [0.4, 0.5) is 5.69 Å². The summed E-state index contributed by atoms with van der Waals surface area (Å²) < 4.78 is 0. The standard InChI is InChI=1S/C19H25ClN4O2/c1-11-3-5-14(13(20)9-11)22-18(25)12-4-6-15-17(10-12)23(2)19(26)16-7-8-21-24(15)16/h3,5,9,12,15-17,21H,4,6-8,10H2,1-2H3,(H,22,25). The van der Waals surface area contributed by atoms with E-state index in [9.17, 15) is 9.59 Å². The van der Waals surface area contributed by atoms with Crippen LogP contribution in [0.5, 0.6) is 0 Å². The predicted molar refractivity (Wildman–Crippen MR) is 101 cm³/mol. The van der Waals surface area contributed by atoms with Crippen LogP contribution >= 0.6 is 11.6 Å². The number of fused-ring (bicyclic) bond motifs is 3. The Morgan fingerprint density at radius 1 is 1.27 bits per heavy atom. The van der Waals surface area contributed by atoms with E-state index >= 15 is 0 Å². The average Bonchev–Trinajstić information content (AvgIpc) is 3.11. The summed E-state index contributed by atoms with van der Waals surface area (Å²) in [6.07, 6.45) is 3.28. The summed E-state index contributed by atoms with van der Waals surface area (Å²) >= 11 is 6.24. The second-order valence-electron chi connectivity index (χ2n) is 7.69. The molecular formula is C19H25ClN4O2. The number of likely N-dealkylation sites (N-methyl/N-ethyl adjacent to an activating group) is 1. The summed E-state index contributed by atoms with van der Waals surface area (Å²) in [4.78, 5) is 27.3. The van der Waals surface area contributed by atoms with Gasteiger partial charge in [0.2, 0.25) is 11.8 Å². The zero-order valence-electron chi connectivity index (χ0n) is 15.2. The van der Waals surface area contributed by atoms with Crippen molar-refractivity contribution < 1.29 is 9.59 Å². The lowest BCUT2D eigenvalue weighted by molar-refractivity contribution is -0.153. The fourth-order valence-corrected chi connectivity index (χ4v) is 4.92. The molecule has 2 amide bonds. The van der Waals surface area contributed by atoms with E-state index in [1.54, 1.807) is 0 Å². The van der Waals surface area contributed by atoms with Crippen LogP contribution < -0.4 is 10.7 Å². The Kier molecular flexibility index (Phi) is 4.67. The molecule has 4 atom stereocenters. The first-order valence-electron chi connectivity index (χ1n) is 9.31. The van der Waals surface area contributed by atoms with Gasteiger partial charge in [0.25, 0.3) is 0 Å². The number of carbonyl (C=O) groups is 2. The zero-order valence-corrected chi connectivity index (χ0v) is 15.9. The van der Waals surface area contributed by atoms with Crippen molar-refractivity contribution in [1.29, 1.82) is 0 Å². The number of carbonyl (C=O) groups excluding carboxylic acids is 2. The summed E-state index contributed by atoms with van der Waals surface area (Å²) in [5.41, 5.74) is 5.08. The molecule has 2 N–H and O–H groups in total. The smallest absolute Gasteiger partial charge is 0.241 e. The van der Waals surface area contributed by atoms with Gasteiger partial charge in [-0.3, -0.25) is 15.0 Å². The van der Waals surface area contributed by atoms with Gasteiger partial charge in [-0.2, -0.15) is 0 Å². The number of nitrogens with zero attached hydrogens (tertiary/aromatic N) is 2. The Labute approximate surface area is 158 Å². The molecule has 1 aliphatic carbocycles. The first kappa shape index (κ1) is 17.8. The minimum absolute atomic E-state index is 0.00782. The van der Waals surface area contributed by atoms with Gasteiger partial charge < -0.3 is 10.2 Å². The third-order valence-corrected chi connectivity index (χ3v) is 6.38. The molecular weight excluding hydrogens is 352 g/mol. The van der Waals surface area contributed by atoms with Crippen LogP contribution in [0.2, 0.25) is 5.02 Å². The quantitative estimate of drug-likeness (QED) is 0.830. The molecule has 6 nitrogen and oxygen atoms in total. The van der Waals surface area contributed by atoms with Crippen LogP contribution in [-0.4, -0.2) is 53.4 Å². The van der Waals surface area contributed by atoms with Gasteiger partial charge in [-0.1, -0.05) is 17.7 Å². The third kappa shape index (κ3) is 3.00. The number of halogens is 1. The number of anilines is 1. The highest BCUT2D eigenvalue weighted by atomic mass is 35.5. The molecule has 2 saturated heterocycles. The lowest BCUT2D eigenvalue weighted by Crippen LogP contribution is -2.67. The maximum atomic E-state index is 12.8. The number of hydrogen-bond donors (Lipinski definition) is 2. The van der Waals surface area contributed by atoms with E-state index in [0.29, 0.717) is 17.1 Å². The van der Waals surface area contributed by atoms with Gasteiger partial charge in [0, 0.05) is 31.6 Å². The van der Waals surface area contributed by atoms with E-state index in [2.05, 4.69) is 15.8 Å². The Hall–Kier alpha value is -1.63. The number of amides is 2. The largest absolute Gasteiger partial charge is 0.340 e. The Morgan fingerprint density at radius 3 is 2.85 bits per heavy atom. The molecule has 1 aromatic rings. The monoisotopic (exact) mass is 376 g/mol. The van der Waals surface area contributed by atoms with E-state index in [4.69, 9.17) is 11.6 Å². The van der Waals surface area contributed by atoms with Gasteiger partial charge in [0.05, 0.1) is 10.7 Å². The van der Waals surface area contributed by atoms with Crippen molar-refractivity contribution in [3.05, 3.63) is 28.8 Å². The lowest BCUT2D eigenvalue weighted by Gasteiger charge is -2.50. The molecule has 0 radical (unpaired) electrons. The summed E-state index contributed by atoms with van der Waals surface area (Å²) in [6.45, 7) is 2.82. The van der Waals surface area contributed by atoms with Crippen LogP contribution in [0.3, 0.4) is 0 Å². The normalized spacial score (nSPS) is 31.5. The molecule has 0 aromatic heterocycles. The Balaban J connectivity index is 1.47. The van der Waals surface area contributed by atoms with Gasteiger partial charge in [-0.05, 0) is 50.3 Å². The summed E-state index contributed by atoms with van der Waals surface area (Å²) in [5, 5.41) is 5.68. The highest BCUT2D eigenvalue weighted by Crippen LogP contribution is 2.37. The number of hydrazine groups is 1. The second kappa shape index (κ2) is 6.83. The van der Waals surface area contributed by atoms with Gasteiger partial charge in [-0.25, -0.2) is 5.01 Å². The number of piperazine rings is 1. The van der Waals surface area contributed by atoms with Crippen molar-refractivity contribution in [1.82, 2.24) is 15.3 Å². The van der Waals surface area contributed by atoms with E-state index < -0.39 is 0 Å². The van der Waals surface area contributed by atoms with E-state index in [1.165, 1.54) is 0 Å². The van der Waals surface area contributed by atoms with Gasteiger partial charge in [-0.15, -0.1) is 0 Å². The highest BCUT2D eigenvalue weighted by molar-refractivity contribution is 6.33. The number of hydrogen-bond acceptors (Lipinski definition) is 4. The van der Waals surface area contributed by atoms with E-state index in [1.807, 2.05) is 37.1 Å². The van der Waals surface area contributed by atoms with Crippen molar-refractivity contribution in [3.8, 4) is 0 Å². The number of benzene rings is 1. The number of rotatable bonds is 2. The summed E-state index contributed by atoms with van der Waals surface area (Å²) in [6, 6.07) is 5.94. The second-order valence-corrected chi connectivity index (χ2v) is 8.09. The molecule has 7 heteroatoms. The molecule has 0 bridgehead atoms. The fraction of sp³-hybridized carbons (Fsp3) is 0.579. The molecule has 4 rings (SSSR count). The summed E-state index contributed by atoms with van der Waals surface area (Å²) in [5.74, 6) is 0.0495. The molecule has 2 aliphatic heterocycles. The molecule has 2 heterocycles. The molecule has 140 valence electrons. The minimum Gasteiger partial charge on any atom is -0.340 e. The number of nitrogens with one attached hydrogen (secondary N) is 2. The van der Waals surface area contributed by atoms with Crippen molar-refractivity contribution in [2.75, 3.05) is 18.9 Å². The zero-order chi connectivity index (χ0) is 18.4. The molecule has 1 saturated carbocycles. The van der Waals surface area contributed by atoms with Crippen LogP contribution in [0, 0.1) is 12.8 Å². The van der Waals surface area contributed by atoms with Crippen LogP contribution in [0.15, 0.2) is 18.2 Å². The molecule has 3 aliphatic rings. The van der Waals surface area contributed by atoms with Crippen LogP contribution in [-0.2, 0) is 9.59 Å². The first-order valence-corrected chi connectivity index (χ1v) is 9.69. The number of aryl methyl sites for hydroxylation is 1. The van der Waals surface area contributed by atoms with Crippen LogP contribution in [0.1, 0.15) is 31.2 Å². The Morgan fingerprint density at radius 2 is 2.08 bits per heavy atom. The van der Waals surface area contributed by atoms with Gasteiger partial charge in [0.15, 0.2) is 0 Å². The third-order valence-electron chi connectivity index (χ3n) is 6.07. The summed E-state index contributed by atoms with van der Waals surface area (Å²) in [7, 11) is 1.88. The Bertz CT molecular complexity index is 740. The molecule has 1 aromatic carbocycles. The molecule has 26 heavy (non-hydrogen) atoms. The van der Waals surface area contributed by atoms with Crippen molar-refractivity contribution in [2.24, 2.45) is 5.92 Å². The fourth-order valence-electron chi connectivity index (χ4n) is 4.63. The van der Waals surface area contributed by atoms with Crippen LogP contribution in [0.25, 0.3) is 0 Å². The maximum Gasteiger partial charge on any atom is 0.241 e. The van der Waals surface area contributed by atoms with Gasteiger partial charge >= 0.3 is 0 Å². The molecule has 4 unspecified atom stereocenters. The minimum atomic E-state index is -0.108. The van der Waals surface area contributed by atoms with E-state index in [-0.39, 0.29) is 35.9 Å². The van der Waals surface area contributed by atoms with E-state index in [0.717, 1.165) is 31.4 Å².